The molecule has 1 rings (SSSR count). The Hall–Kier alpha value is -0.870. The molecule has 0 saturated heterocycles. The average Bonchev–Trinajstić information content (AvgIpc) is 2.35. The zero-order valence-electron chi connectivity index (χ0n) is 10.9. The molecule has 1 aromatic rings. The predicted octanol–water partition coefficient (Wildman–Crippen LogP) is 3.39. The molecule has 100 valence electrons. The first kappa shape index (κ1) is 15.2. The molecule has 1 aromatic carbocycles. The molecule has 0 saturated carbocycles. The van der Waals surface area contributed by atoms with E-state index in [9.17, 15) is 4.79 Å². The molecular weight excluding hydrogens is 296 g/mol. The van der Waals surface area contributed by atoms with Gasteiger partial charge in [0.05, 0.1) is 18.2 Å². The fraction of sp³-hybridized carbons (Fsp3) is 0.500. The molecule has 4 heteroatoms. The number of carbonyl (C=O) groups is 1. The van der Waals surface area contributed by atoms with Crippen LogP contribution in [0.1, 0.15) is 25.3 Å². The van der Waals surface area contributed by atoms with Crippen molar-refractivity contribution in [3.05, 3.63) is 28.2 Å². The number of hydrogen-bond acceptors (Lipinski definition) is 3. The topological polar surface area (TPSA) is 35.5 Å². The van der Waals surface area contributed by atoms with Gasteiger partial charge in [-0.1, -0.05) is 13.0 Å². The molecule has 18 heavy (non-hydrogen) atoms. The van der Waals surface area contributed by atoms with Crippen molar-refractivity contribution >= 4 is 21.7 Å². The third kappa shape index (κ3) is 5.19. The highest BCUT2D eigenvalue weighted by molar-refractivity contribution is 9.10. The van der Waals surface area contributed by atoms with Crippen LogP contribution in [0.15, 0.2) is 22.7 Å². The number of ether oxygens (including phenoxy) is 2. The molecule has 0 bridgehead atoms. The Morgan fingerprint density at radius 1 is 1.33 bits per heavy atom. The third-order valence-electron chi connectivity index (χ3n) is 2.49. The number of hydrogen-bond donors (Lipinski definition) is 0. The first-order valence-corrected chi connectivity index (χ1v) is 6.88. The smallest absolute Gasteiger partial charge is 0.139 e. The molecule has 0 aromatic heterocycles. The highest BCUT2D eigenvalue weighted by Gasteiger charge is 2.06. The Balaban J connectivity index is 2.42. The van der Waals surface area contributed by atoms with Crippen LogP contribution in [-0.2, 0) is 16.0 Å². The number of benzene rings is 1. The van der Waals surface area contributed by atoms with Crippen LogP contribution in [0, 0.1) is 0 Å². The molecule has 0 N–H and O–H groups in total. The van der Waals surface area contributed by atoms with Gasteiger partial charge in [0, 0.05) is 19.4 Å². The van der Waals surface area contributed by atoms with Gasteiger partial charge < -0.3 is 9.47 Å². The number of Topliss-reactive ketones (excluding diaryl/α,β-unsaturated/α-hetero) is 1. The van der Waals surface area contributed by atoms with Crippen molar-refractivity contribution in [1.82, 2.24) is 0 Å². The third-order valence-corrected chi connectivity index (χ3v) is 3.11. The van der Waals surface area contributed by atoms with Crippen molar-refractivity contribution < 1.29 is 14.3 Å². The van der Waals surface area contributed by atoms with E-state index in [0.29, 0.717) is 19.4 Å². The number of carbonyl (C=O) groups excluding carboxylic acids is 1. The van der Waals surface area contributed by atoms with E-state index in [1.54, 1.807) is 7.11 Å². The first-order valence-electron chi connectivity index (χ1n) is 6.09. The predicted molar refractivity (Wildman–Crippen MR) is 75.1 cm³/mol. The minimum atomic E-state index is 0.197. The molecule has 0 unspecified atom stereocenters. The van der Waals surface area contributed by atoms with Gasteiger partial charge in [0.1, 0.15) is 11.5 Å². The summed E-state index contributed by atoms with van der Waals surface area (Å²) in [6, 6.07) is 5.69. The minimum absolute atomic E-state index is 0.197. The SMILES string of the molecule is CCCOCCC(=O)Cc1ccc(OC)c(Br)c1. The van der Waals surface area contributed by atoms with Gasteiger partial charge >= 0.3 is 0 Å². The molecule has 0 aliphatic carbocycles. The van der Waals surface area contributed by atoms with Crippen molar-refractivity contribution in [2.45, 2.75) is 26.2 Å². The lowest BCUT2D eigenvalue weighted by molar-refractivity contribution is -0.119. The molecule has 0 atom stereocenters. The second-order valence-electron chi connectivity index (χ2n) is 4.05. The normalized spacial score (nSPS) is 10.4. The van der Waals surface area contributed by atoms with E-state index in [0.717, 1.165) is 28.8 Å². The van der Waals surface area contributed by atoms with E-state index < -0.39 is 0 Å². The first-order chi connectivity index (χ1) is 8.67. The largest absolute Gasteiger partial charge is 0.496 e. The van der Waals surface area contributed by atoms with E-state index in [1.165, 1.54) is 0 Å². The second-order valence-corrected chi connectivity index (χ2v) is 4.90. The van der Waals surface area contributed by atoms with E-state index >= 15 is 0 Å². The maximum absolute atomic E-state index is 11.7. The molecule has 0 aliphatic heterocycles. The summed E-state index contributed by atoms with van der Waals surface area (Å²) in [6.45, 7) is 3.29. The summed E-state index contributed by atoms with van der Waals surface area (Å²) in [6.07, 6.45) is 1.90. The zero-order valence-corrected chi connectivity index (χ0v) is 12.5. The van der Waals surface area contributed by atoms with Crippen LogP contribution in [0.3, 0.4) is 0 Å². The molecule has 0 radical (unpaired) electrons. The molecule has 0 heterocycles. The van der Waals surface area contributed by atoms with Crippen LogP contribution in [0.25, 0.3) is 0 Å². The molecule has 0 amide bonds. The lowest BCUT2D eigenvalue weighted by Gasteiger charge is -2.06. The molecule has 0 spiro atoms. The number of rotatable bonds is 8. The maximum atomic E-state index is 11.7. The Morgan fingerprint density at radius 2 is 2.11 bits per heavy atom. The van der Waals surface area contributed by atoms with Crippen molar-refractivity contribution in [2.24, 2.45) is 0 Å². The Kier molecular flexibility index (Phi) is 6.98. The van der Waals surface area contributed by atoms with E-state index in [1.807, 2.05) is 18.2 Å². The van der Waals surface area contributed by atoms with Gasteiger partial charge in [-0.15, -0.1) is 0 Å². The summed E-state index contributed by atoms with van der Waals surface area (Å²) in [4.78, 5) is 11.7. The van der Waals surface area contributed by atoms with Gasteiger partial charge in [0.15, 0.2) is 0 Å². The monoisotopic (exact) mass is 314 g/mol. The van der Waals surface area contributed by atoms with E-state index in [-0.39, 0.29) is 5.78 Å². The van der Waals surface area contributed by atoms with Crippen molar-refractivity contribution in [3.63, 3.8) is 0 Å². The van der Waals surface area contributed by atoms with Gasteiger partial charge in [-0.3, -0.25) is 4.79 Å². The van der Waals surface area contributed by atoms with E-state index in [4.69, 9.17) is 9.47 Å². The minimum Gasteiger partial charge on any atom is -0.496 e. The fourth-order valence-corrected chi connectivity index (χ4v) is 2.16. The van der Waals surface area contributed by atoms with Gasteiger partial charge in [-0.05, 0) is 40.0 Å². The Labute approximate surface area is 117 Å². The van der Waals surface area contributed by atoms with Crippen LogP contribution >= 0.6 is 15.9 Å². The summed E-state index contributed by atoms with van der Waals surface area (Å²) in [5.74, 6) is 0.973. The number of methoxy groups -OCH3 is 1. The van der Waals surface area contributed by atoms with Gasteiger partial charge in [0.25, 0.3) is 0 Å². The highest BCUT2D eigenvalue weighted by Crippen LogP contribution is 2.25. The quantitative estimate of drug-likeness (QED) is 0.690. The summed E-state index contributed by atoms with van der Waals surface area (Å²) >= 11 is 3.41. The van der Waals surface area contributed by atoms with Crippen LogP contribution in [0.2, 0.25) is 0 Å². The van der Waals surface area contributed by atoms with Crippen LogP contribution < -0.4 is 4.74 Å². The van der Waals surface area contributed by atoms with Crippen molar-refractivity contribution in [3.8, 4) is 5.75 Å². The standard InChI is InChI=1S/C14H19BrO3/c1-3-7-18-8-6-12(16)9-11-4-5-14(17-2)13(15)10-11/h4-5,10H,3,6-9H2,1-2H3. The van der Waals surface area contributed by atoms with E-state index in [2.05, 4.69) is 22.9 Å². The van der Waals surface area contributed by atoms with Crippen molar-refractivity contribution in [2.75, 3.05) is 20.3 Å². The van der Waals surface area contributed by atoms with Gasteiger partial charge in [-0.2, -0.15) is 0 Å². The molecule has 0 aliphatic rings. The molecule has 3 nitrogen and oxygen atoms in total. The Morgan fingerprint density at radius 3 is 2.72 bits per heavy atom. The average molecular weight is 315 g/mol. The summed E-state index contributed by atoms with van der Waals surface area (Å²) in [5.41, 5.74) is 0.989. The zero-order chi connectivity index (χ0) is 13.4. The molecular formula is C14H19BrO3. The van der Waals surface area contributed by atoms with Gasteiger partial charge in [-0.25, -0.2) is 0 Å². The second kappa shape index (κ2) is 8.27. The van der Waals surface area contributed by atoms with Gasteiger partial charge in [0.2, 0.25) is 0 Å². The summed E-state index contributed by atoms with van der Waals surface area (Å²) < 4.78 is 11.3. The maximum Gasteiger partial charge on any atom is 0.139 e. The lowest BCUT2D eigenvalue weighted by Crippen LogP contribution is -2.07. The lowest BCUT2D eigenvalue weighted by atomic mass is 10.1. The van der Waals surface area contributed by atoms with Crippen LogP contribution in [-0.4, -0.2) is 26.1 Å². The summed E-state index contributed by atoms with van der Waals surface area (Å²) in [5, 5.41) is 0. The van der Waals surface area contributed by atoms with Crippen LogP contribution in [0.5, 0.6) is 5.75 Å². The summed E-state index contributed by atoms with van der Waals surface area (Å²) in [7, 11) is 1.62. The van der Waals surface area contributed by atoms with Crippen molar-refractivity contribution in [1.29, 1.82) is 0 Å². The van der Waals surface area contributed by atoms with Crippen LogP contribution in [0.4, 0.5) is 0 Å². The fourth-order valence-electron chi connectivity index (χ4n) is 1.57. The Bertz CT molecular complexity index is 391. The molecule has 0 fully saturated rings. The highest BCUT2D eigenvalue weighted by atomic mass is 79.9. The number of halogens is 1. The number of ketones is 1.